The Morgan fingerprint density at radius 1 is 1.11 bits per heavy atom. The van der Waals surface area contributed by atoms with Crippen molar-refractivity contribution in [1.82, 2.24) is 10.6 Å². The molecule has 1 heterocycles. The lowest BCUT2D eigenvalue weighted by atomic mass is 9.81. The van der Waals surface area contributed by atoms with E-state index in [0.29, 0.717) is 12.1 Å². The molecule has 1 saturated heterocycles. The maximum Gasteiger partial charge on any atom is 0.0371 e. The minimum absolute atomic E-state index is 0.237. The summed E-state index contributed by atoms with van der Waals surface area (Å²) in [5.74, 6) is 0. The van der Waals surface area contributed by atoms with Crippen LogP contribution in [0.5, 0.6) is 0 Å². The van der Waals surface area contributed by atoms with Crippen molar-refractivity contribution in [2.24, 2.45) is 5.41 Å². The number of nitrogens with one attached hydrogen (secondary N) is 2. The molecular formula is C17H28N2. The molecule has 0 amide bonds. The van der Waals surface area contributed by atoms with Gasteiger partial charge in [-0.3, -0.25) is 0 Å². The van der Waals surface area contributed by atoms with E-state index in [1.54, 1.807) is 0 Å². The highest BCUT2D eigenvalue weighted by atomic mass is 15.0. The molecule has 1 aliphatic rings. The largest absolute Gasteiger partial charge is 0.317 e. The van der Waals surface area contributed by atoms with E-state index >= 15 is 0 Å². The highest BCUT2D eigenvalue weighted by molar-refractivity contribution is 5.21. The minimum atomic E-state index is 0.237. The fraction of sp³-hybridized carbons (Fsp3) is 0.647. The normalized spacial score (nSPS) is 22.8. The van der Waals surface area contributed by atoms with Crippen LogP contribution in [0, 0.1) is 5.41 Å². The van der Waals surface area contributed by atoms with Gasteiger partial charge in [0.2, 0.25) is 0 Å². The van der Waals surface area contributed by atoms with Crippen molar-refractivity contribution in [2.45, 2.75) is 52.1 Å². The van der Waals surface area contributed by atoms with Crippen LogP contribution in [-0.2, 0) is 0 Å². The molecule has 2 heteroatoms. The third kappa shape index (κ3) is 4.32. The van der Waals surface area contributed by atoms with Crippen LogP contribution < -0.4 is 10.6 Å². The lowest BCUT2D eigenvalue weighted by molar-refractivity contribution is 0.241. The highest BCUT2D eigenvalue weighted by Gasteiger charge is 2.28. The van der Waals surface area contributed by atoms with E-state index in [9.17, 15) is 0 Å². The van der Waals surface area contributed by atoms with Gasteiger partial charge in [0.1, 0.15) is 0 Å². The Morgan fingerprint density at radius 3 is 2.53 bits per heavy atom. The van der Waals surface area contributed by atoms with Gasteiger partial charge in [-0.25, -0.2) is 0 Å². The van der Waals surface area contributed by atoms with E-state index in [4.69, 9.17) is 0 Å². The Kier molecular flexibility index (Phi) is 5.00. The summed E-state index contributed by atoms with van der Waals surface area (Å²) in [4.78, 5) is 0. The predicted octanol–water partition coefficient (Wildman–Crippen LogP) is 3.51. The summed E-state index contributed by atoms with van der Waals surface area (Å²) < 4.78 is 0. The maximum absolute atomic E-state index is 3.91. The van der Waals surface area contributed by atoms with Gasteiger partial charge in [0.15, 0.2) is 0 Å². The Balaban J connectivity index is 2.10. The summed E-state index contributed by atoms with van der Waals surface area (Å²) in [5, 5.41) is 7.40. The lowest BCUT2D eigenvalue weighted by Gasteiger charge is -2.35. The molecule has 1 aliphatic heterocycles. The molecule has 2 N–H and O–H groups in total. The molecule has 2 rings (SSSR count). The fourth-order valence-corrected chi connectivity index (χ4v) is 2.91. The summed E-state index contributed by atoms with van der Waals surface area (Å²) in [7, 11) is 0. The van der Waals surface area contributed by atoms with Gasteiger partial charge in [0.25, 0.3) is 0 Å². The molecule has 0 radical (unpaired) electrons. The van der Waals surface area contributed by atoms with Crippen molar-refractivity contribution in [3.63, 3.8) is 0 Å². The average molecular weight is 260 g/mol. The second kappa shape index (κ2) is 6.53. The standard InChI is InChI=1S/C17H28N2/c1-17(2,3)16(14-8-5-4-6-9-14)19-15-10-7-12-18-13-11-15/h4-6,8-9,15-16,18-19H,7,10-13H2,1-3H3. The number of benzene rings is 1. The average Bonchev–Trinajstić information content (AvgIpc) is 2.64. The minimum Gasteiger partial charge on any atom is -0.317 e. The zero-order chi connectivity index (χ0) is 13.7. The number of hydrogen-bond donors (Lipinski definition) is 2. The first kappa shape index (κ1) is 14.5. The van der Waals surface area contributed by atoms with E-state index in [0.717, 1.165) is 6.54 Å². The summed E-state index contributed by atoms with van der Waals surface area (Å²) in [6.45, 7) is 9.29. The van der Waals surface area contributed by atoms with Crippen LogP contribution >= 0.6 is 0 Å². The molecule has 0 aromatic heterocycles. The van der Waals surface area contributed by atoms with Crippen molar-refractivity contribution >= 4 is 0 Å². The first-order valence-corrected chi connectivity index (χ1v) is 7.59. The van der Waals surface area contributed by atoms with Crippen LogP contribution in [0.2, 0.25) is 0 Å². The van der Waals surface area contributed by atoms with Gasteiger partial charge in [0, 0.05) is 12.1 Å². The SMILES string of the molecule is CC(C)(C)C(NC1CCCNCC1)c1ccccc1. The Morgan fingerprint density at radius 2 is 1.84 bits per heavy atom. The summed E-state index contributed by atoms with van der Waals surface area (Å²) in [6, 6.07) is 11.9. The van der Waals surface area contributed by atoms with Crippen LogP contribution in [0.4, 0.5) is 0 Å². The van der Waals surface area contributed by atoms with Crippen LogP contribution in [0.15, 0.2) is 30.3 Å². The van der Waals surface area contributed by atoms with Crippen molar-refractivity contribution in [3.8, 4) is 0 Å². The van der Waals surface area contributed by atoms with Gasteiger partial charge in [-0.2, -0.15) is 0 Å². The molecule has 0 saturated carbocycles. The Hall–Kier alpha value is -0.860. The molecule has 2 nitrogen and oxygen atoms in total. The molecule has 1 aromatic rings. The first-order chi connectivity index (χ1) is 9.07. The first-order valence-electron chi connectivity index (χ1n) is 7.59. The van der Waals surface area contributed by atoms with Gasteiger partial charge >= 0.3 is 0 Å². The third-order valence-electron chi connectivity index (χ3n) is 3.98. The second-order valence-electron chi connectivity index (χ2n) is 6.75. The molecule has 0 aliphatic carbocycles. The molecule has 0 spiro atoms. The van der Waals surface area contributed by atoms with E-state index < -0.39 is 0 Å². The summed E-state index contributed by atoms with van der Waals surface area (Å²) >= 11 is 0. The Labute approximate surface area is 118 Å². The molecule has 2 unspecified atom stereocenters. The Bertz CT molecular complexity index is 359. The molecule has 1 aromatic carbocycles. The number of hydrogen-bond acceptors (Lipinski definition) is 2. The van der Waals surface area contributed by atoms with Crippen LogP contribution in [-0.4, -0.2) is 19.1 Å². The third-order valence-corrected chi connectivity index (χ3v) is 3.98. The summed E-state index contributed by atoms with van der Waals surface area (Å²) in [6.07, 6.45) is 3.80. The maximum atomic E-state index is 3.91. The molecular weight excluding hydrogens is 232 g/mol. The summed E-state index contributed by atoms with van der Waals surface area (Å²) in [5.41, 5.74) is 1.65. The smallest absolute Gasteiger partial charge is 0.0371 e. The van der Waals surface area contributed by atoms with E-state index in [1.165, 1.54) is 31.4 Å². The topological polar surface area (TPSA) is 24.1 Å². The van der Waals surface area contributed by atoms with Crippen molar-refractivity contribution in [1.29, 1.82) is 0 Å². The monoisotopic (exact) mass is 260 g/mol. The van der Waals surface area contributed by atoms with Gasteiger partial charge in [-0.15, -0.1) is 0 Å². The van der Waals surface area contributed by atoms with Crippen molar-refractivity contribution in [3.05, 3.63) is 35.9 Å². The number of rotatable bonds is 3. The fourth-order valence-electron chi connectivity index (χ4n) is 2.91. The molecule has 19 heavy (non-hydrogen) atoms. The van der Waals surface area contributed by atoms with Gasteiger partial charge in [0.05, 0.1) is 0 Å². The van der Waals surface area contributed by atoms with Gasteiger partial charge in [-0.1, -0.05) is 51.1 Å². The van der Waals surface area contributed by atoms with Crippen LogP contribution in [0.3, 0.4) is 0 Å². The molecule has 2 atom stereocenters. The highest BCUT2D eigenvalue weighted by Crippen LogP contribution is 2.33. The van der Waals surface area contributed by atoms with Gasteiger partial charge in [-0.05, 0) is 43.3 Å². The van der Waals surface area contributed by atoms with Crippen molar-refractivity contribution in [2.75, 3.05) is 13.1 Å². The molecule has 0 bridgehead atoms. The predicted molar refractivity (Wildman–Crippen MR) is 82.3 cm³/mol. The zero-order valence-electron chi connectivity index (χ0n) is 12.6. The van der Waals surface area contributed by atoms with Crippen LogP contribution in [0.1, 0.15) is 51.6 Å². The van der Waals surface area contributed by atoms with Crippen molar-refractivity contribution < 1.29 is 0 Å². The quantitative estimate of drug-likeness (QED) is 0.869. The van der Waals surface area contributed by atoms with Gasteiger partial charge < -0.3 is 10.6 Å². The molecule has 106 valence electrons. The van der Waals surface area contributed by atoms with Crippen LogP contribution in [0.25, 0.3) is 0 Å². The zero-order valence-corrected chi connectivity index (χ0v) is 12.6. The second-order valence-corrected chi connectivity index (χ2v) is 6.75. The van der Waals surface area contributed by atoms with E-state index in [-0.39, 0.29) is 5.41 Å². The lowest BCUT2D eigenvalue weighted by Crippen LogP contribution is -2.39. The van der Waals surface area contributed by atoms with E-state index in [1.807, 2.05) is 0 Å². The van der Waals surface area contributed by atoms with E-state index in [2.05, 4.69) is 61.7 Å². The molecule has 1 fully saturated rings.